The average molecular weight is 292 g/mol. The lowest BCUT2D eigenvalue weighted by Crippen LogP contribution is -2.32. The van der Waals surface area contributed by atoms with Crippen molar-refractivity contribution in [1.82, 2.24) is 9.78 Å². The van der Waals surface area contributed by atoms with Gasteiger partial charge in [0.25, 0.3) is 0 Å². The molecule has 1 unspecified atom stereocenters. The highest BCUT2D eigenvalue weighted by molar-refractivity contribution is 5.89. The van der Waals surface area contributed by atoms with E-state index in [0.29, 0.717) is 5.69 Å². The smallest absolute Gasteiger partial charge is 0.358 e. The zero-order chi connectivity index (χ0) is 15.4. The van der Waals surface area contributed by atoms with Crippen LogP contribution in [0.4, 0.5) is 0 Å². The Morgan fingerprint density at radius 1 is 1.33 bits per heavy atom. The first-order chi connectivity index (χ1) is 9.75. The minimum Gasteiger partial charge on any atom is -0.464 e. The molecule has 1 aromatic heterocycles. The van der Waals surface area contributed by atoms with Gasteiger partial charge in [-0.1, -0.05) is 0 Å². The van der Waals surface area contributed by atoms with Crippen molar-refractivity contribution in [1.29, 1.82) is 0 Å². The molecule has 2 heterocycles. The fourth-order valence-electron chi connectivity index (χ4n) is 3.90. The molecular weight excluding hydrogens is 268 g/mol. The molecule has 1 saturated heterocycles. The maximum absolute atomic E-state index is 12.0. The van der Waals surface area contributed by atoms with Crippen molar-refractivity contribution in [2.75, 3.05) is 7.11 Å². The number of fused-ring (bicyclic) bond motifs is 1. The van der Waals surface area contributed by atoms with E-state index in [0.717, 1.165) is 31.2 Å². The number of hydrogen-bond donors (Lipinski definition) is 0. The Hall–Kier alpha value is -1.36. The van der Waals surface area contributed by atoms with E-state index in [1.54, 1.807) is 0 Å². The van der Waals surface area contributed by atoms with E-state index in [-0.39, 0.29) is 23.2 Å². The van der Waals surface area contributed by atoms with Crippen LogP contribution in [-0.4, -0.2) is 34.1 Å². The molecule has 0 N–H and O–H groups in total. The number of carbonyl (C=O) groups excluding carboxylic acids is 1. The molecule has 2 aliphatic rings. The molecule has 0 radical (unpaired) electrons. The minimum atomic E-state index is -0.331. The lowest BCUT2D eigenvalue weighted by molar-refractivity contribution is -0.0739. The number of hydrogen-bond acceptors (Lipinski definition) is 4. The number of aromatic nitrogens is 2. The highest BCUT2D eigenvalue weighted by Crippen LogP contribution is 2.46. The van der Waals surface area contributed by atoms with Crippen LogP contribution in [-0.2, 0) is 22.3 Å². The molecule has 1 aliphatic heterocycles. The predicted octanol–water partition coefficient (Wildman–Crippen LogP) is 2.68. The van der Waals surface area contributed by atoms with Gasteiger partial charge in [-0.25, -0.2) is 4.79 Å². The molecule has 5 heteroatoms. The lowest BCUT2D eigenvalue weighted by Gasteiger charge is -2.28. The maximum atomic E-state index is 12.0. The van der Waals surface area contributed by atoms with E-state index in [9.17, 15) is 4.79 Å². The molecule has 1 aliphatic carbocycles. The SMILES string of the molecule is COC(=O)c1nn(C2CC(C)(C)OC2(C)C)c2c1CCC2. The maximum Gasteiger partial charge on any atom is 0.358 e. The van der Waals surface area contributed by atoms with Gasteiger partial charge in [-0.2, -0.15) is 5.10 Å². The number of methoxy groups -OCH3 is 1. The standard InChI is InChI=1S/C16H24N2O3/c1-15(2)9-12(16(3,4)21-15)18-11-8-6-7-10(11)13(17-18)14(19)20-5/h12H,6-9H2,1-5H3. The Labute approximate surface area is 125 Å². The number of esters is 1. The summed E-state index contributed by atoms with van der Waals surface area (Å²) < 4.78 is 13.1. The zero-order valence-electron chi connectivity index (χ0n) is 13.5. The van der Waals surface area contributed by atoms with E-state index in [2.05, 4.69) is 32.8 Å². The Morgan fingerprint density at radius 2 is 2.05 bits per heavy atom. The van der Waals surface area contributed by atoms with Gasteiger partial charge in [-0.05, 0) is 47.0 Å². The van der Waals surface area contributed by atoms with Gasteiger partial charge in [-0.15, -0.1) is 0 Å². The van der Waals surface area contributed by atoms with Crippen LogP contribution in [0.5, 0.6) is 0 Å². The van der Waals surface area contributed by atoms with Gasteiger partial charge >= 0.3 is 5.97 Å². The highest BCUT2D eigenvalue weighted by Gasteiger charge is 2.48. The van der Waals surface area contributed by atoms with Crippen molar-refractivity contribution >= 4 is 5.97 Å². The second-order valence-electron chi connectivity index (χ2n) is 7.25. The van der Waals surface area contributed by atoms with E-state index >= 15 is 0 Å². The quantitative estimate of drug-likeness (QED) is 0.786. The van der Waals surface area contributed by atoms with Gasteiger partial charge in [0.05, 0.1) is 24.4 Å². The topological polar surface area (TPSA) is 53.3 Å². The number of carbonyl (C=O) groups is 1. The Balaban J connectivity index is 2.06. The molecule has 1 fully saturated rings. The lowest BCUT2D eigenvalue weighted by atomic mass is 9.94. The fraction of sp³-hybridized carbons (Fsp3) is 0.750. The molecule has 0 amide bonds. The molecule has 21 heavy (non-hydrogen) atoms. The summed E-state index contributed by atoms with van der Waals surface area (Å²) >= 11 is 0. The zero-order valence-corrected chi connectivity index (χ0v) is 13.5. The van der Waals surface area contributed by atoms with Crippen LogP contribution in [0.3, 0.4) is 0 Å². The van der Waals surface area contributed by atoms with Crippen LogP contribution < -0.4 is 0 Å². The van der Waals surface area contributed by atoms with Gasteiger partial charge in [0.15, 0.2) is 5.69 Å². The summed E-state index contributed by atoms with van der Waals surface area (Å²) in [6.07, 6.45) is 3.87. The summed E-state index contributed by atoms with van der Waals surface area (Å²) in [6.45, 7) is 8.43. The summed E-state index contributed by atoms with van der Waals surface area (Å²) in [5.74, 6) is -0.331. The van der Waals surface area contributed by atoms with Crippen LogP contribution in [0.15, 0.2) is 0 Å². The van der Waals surface area contributed by atoms with Crippen LogP contribution in [0, 0.1) is 0 Å². The van der Waals surface area contributed by atoms with Crippen molar-refractivity contribution in [3.63, 3.8) is 0 Å². The van der Waals surface area contributed by atoms with Gasteiger partial charge in [-0.3, -0.25) is 4.68 Å². The summed E-state index contributed by atoms with van der Waals surface area (Å²) in [5, 5.41) is 4.61. The molecule has 5 nitrogen and oxygen atoms in total. The fourth-order valence-corrected chi connectivity index (χ4v) is 3.90. The first kappa shape index (κ1) is 14.6. The number of rotatable bonds is 2. The highest BCUT2D eigenvalue weighted by atomic mass is 16.5. The monoisotopic (exact) mass is 292 g/mol. The third kappa shape index (κ3) is 2.27. The average Bonchev–Trinajstić information content (AvgIpc) is 2.99. The number of ether oxygens (including phenoxy) is 2. The van der Waals surface area contributed by atoms with E-state index in [1.165, 1.54) is 12.8 Å². The van der Waals surface area contributed by atoms with Crippen LogP contribution >= 0.6 is 0 Å². The van der Waals surface area contributed by atoms with Crippen molar-refractivity contribution < 1.29 is 14.3 Å². The summed E-state index contributed by atoms with van der Waals surface area (Å²) in [5.41, 5.74) is 2.29. The van der Waals surface area contributed by atoms with E-state index in [4.69, 9.17) is 9.47 Å². The minimum absolute atomic E-state index is 0.151. The van der Waals surface area contributed by atoms with Gasteiger partial charge in [0.2, 0.25) is 0 Å². The van der Waals surface area contributed by atoms with Crippen molar-refractivity contribution in [2.45, 2.75) is 70.6 Å². The molecule has 116 valence electrons. The molecular formula is C16H24N2O3. The van der Waals surface area contributed by atoms with Gasteiger partial charge in [0.1, 0.15) is 0 Å². The Kier molecular flexibility index (Phi) is 3.17. The molecule has 0 bridgehead atoms. The molecule has 1 atom stereocenters. The van der Waals surface area contributed by atoms with E-state index in [1.807, 2.05) is 4.68 Å². The second-order valence-corrected chi connectivity index (χ2v) is 7.25. The first-order valence-corrected chi connectivity index (χ1v) is 7.64. The van der Waals surface area contributed by atoms with Crippen molar-refractivity contribution in [2.24, 2.45) is 0 Å². The molecule has 0 spiro atoms. The van der Waals surface area contributed by atoms with Crippen LogP contribution in [0.2, 0.25) is 0 Å². The predicted molar refractivity (Wildman–Crippen MR) is 78.5 cm³/mol. The van der Waals surface area contributed by atoms with Crippen molar-refractivity contribution in [3.8, 4) is 0 Å². The van der Waals surface area contributed by atoms with Crippen LogP contribution in [0.25, 0.3) is 0 Å². The summed E-state index contributed by atoms with van der Waals surface area (Å²) in [7, 11) is 1.41. The first-order valence-electron chi connectivity index (χ1n) is 7.64. The summed E-state index contributed by atoms with van der Waals surface area (Å²) in [6, 6.07) is 0.151. The summed E-state index contributed by atoms with van der Waals surface area (Å²) in [4.78, 5) is 12.0. The molecule has 3 rings (SSSR count). The third-order valence-electron chi connectivity index (χ3n) is 4.66. The largest absolute Gasteiger partial charge is 0.464 e. The van der Waals surface area contributed by atoms with Crippen LogP contribution in [0.1, 0.15) is 68.3 Å². The normalized spacial score (nSPS) is 25.9. The third-order valence-corrected chi connectivity index (χ3v) is 4.66. The van der Waals surface area contributed by atoms with Crippen molar-refractivity contribution in [3.05, 3.63) is 17.0 Å². The Morgan fingerprint density at radius 3 is 2.62 bits per heavy atom. The van der Waals surface area contributed by atoms with Gasteiger partial charge < -0.3 is 9.47 Å². The van der Waals surface area contributed by atoms with Gasteiger partial charge in [0, 0.05) is 17.7 Å². The molecule has 1 aromatic rings. The number of nitrogens with zero attached hydrogens (tertiary/aromatic N) is 2. The molecule has 0 saturated carbocycles. The molecule has 0 aromatic carbocycles. The Bertz CT molecular complexity index is 587. The second kappa shape index (κ2) is 4.57. The van der Waals surface area contributed by atoms with E-state index < -0.39 is 0 Å².